The Hall–Kier alpha value is -1.37. The van der Waals surface area contributed by atoms with Gasteiger partial charge in [0.2, 0.25) is 10.0 Å². The minimum atomic E-state index is -3.63. The lowest BCUT2D eigenvalue weighted by Crippen LogP contribution is -2.33. The lowest BCUT2D eigenvalue weighted by Gasteiger charge is -2.16. The molecule has 4 nitrogen and oxygen atoms in total. The van der Waals surface area contributed by atoms with Crippen molar-refractivity contribution in [1.82, 2.24) is 4.72 Å². The van der Waals surface area contributed by atoms with Gasteiger partial charge in [-0.25, -0.2) is 13.1 Å². The number of benzene rings is 2. The Morgan fingerprint density at radius 3 is 2.52 bits per heavy atom. The Morgan fingerprint density at radius 1 is 1.17 bits per heavy atom. The number of methoxy groups -OCH3 is 1. The van der Waals surface area contributed by atoms with Gasteiger partial charge in [-0.2, -0.15) is 0 Å². The number of aryl methyl sites for hydroxylation is 1. The first-order valence-electron chi connectivity index (χ1n) is 7.32. The van der Waals surface area contributed by atoms with Crippen LogP contribution < -0.4 is 9.46 Å². The van der Waals surface area contributed by atoms with Crippen molar-refractivity contribution >= 4 is 26.0 Å². The van der Waals surface area contributed by atoms with E-state index in [9.17, 15) is 8.42 Å². The number of sulfonamides is 1. The highest BCUT2D eigenvalue weighted by Gasteiger charge is 2.22. The lowest BCUT2D eigenvalue weighted by atomic mass is 10.1. The van der Waals surface area contributed by atoms with Gasteiger partial charge in [0, 0.05) is 10.5 Å². The van der Waals surface area contributed by atoms with Gasteiger partial charge in [-0.15, -0.1) is 0 Å². The molecule has 0 amide bonds. The minimum absolute atomic E-state index is 0.140. The number of ether oxygens (including phenoxy) is 1. The topological polar surface area (TPSA) is 55.4 Å². The van der Waals surface area contributed by atoms with Crippen LogP contribution in [0.3, 0.4) is 0 Å². The van der Waals surface area contributed by atoms with Crippen LogP contribution in [-0.4, -0.2) is 21.6 Å². The molecule has 0 aliphatic heterocycles. The van der Waals surface area contributed by atoms with Crippen molar-refractivity contribution in [1.29, 1.82) is 0 Å². The van der Waals surface area contributed by atoms with E-state index in [-0.39, 0.29) is 10.9 Å². The van der Waals surface area contributed by atoms with Crippen LogP contribution in [0, 0.1) is 0 Å². The molecular formula is C17H20BrNO3S. The van der Waals surface area contributed by atoms with E-state index in [0.717, 1.165) is 12.8 Å². The second kappa shape index (κ2) is 7.95. The molecule has 0 aliphatic carbocycles. The van der Waals surface area contributed by atoms with E-state index in [1.807, 2.05) is 37.3 Å². The van der Waals surface area contributed by atoms with Gasteiger partial charge in [-0.05, 0) is 43.5 Å². The Labute approximate surface area is 146 Å². The summed E-state index contributed by atoms with van der Waals surface area (Å²) in [5, 5.41) is 0. The monoisotopic (exact) mass is 397 g/mol. The summed E-state index contributed by atoms with van der Waals surface area (Å²) in [4.78, 5) is 0.140. The summed E-state index contributed by atoms with van der Waals surface area (Å²) >= 11 is 3.30. The van der Waals surface area contributed by atoms with E-state index < -0.39 is 10.0 Å². The summed E-state index contributed by atoms with van der Waals surface area (Å²) in [5.74, 6) is 0.330. The highest BCUT2D eigenvalue weighted by molar-refractivity contribution is 9.10. The van der Waals surface area contributed by atoms with Crippen molar-refractivity contribution in [3.8, 4) is 5.75 Å². The fourth-order valence-corrected chi connectivity index (χ4v) is 4.26. The molecular weight excluding hydrogens is 378 g/mol. The van der Waals surface area contributed by atoms with Crippen LogP contribution in [0.4, 0.5) is 0 Å². The van der Waals surface area contributed by atoms with Crippen LogP contribution in [0.1, 0.15) is 18.9 Å². The molecule has 2 rings (SSSR count). The van der Waals surface area contributed by atoms with Gasteiger partial charge in [0.05, 0.1) is 7.11 Å². The predicted octanol–water partition coefficient (Wildman–Crippen LogP) is 3.76. The maximum atomic E-state index is 12.6. The van der Waals surface area contributed by atoms with Crippen molar-refractivity contribution in [2.75, 3.05) is 7.11 Å². The molecule has 0 saturated carbocycles. The van der Waals surface area contributed by atoms with Crippen LogP contribution in [0.5, 0.6) is 5.75 Å². The zero-order valence-electron chi connectivity index (χ0n) is 13.1. The predicted molar refractivity (Wildman–Crippen MR) is 95.2 cm³/mol. The molecule has 2 aromatic carbocycles. The SMILES string of the molecule is COc1ccc(Br)cc1S(=O)(=O)N[C@H](C)CCc1ccccc1. The molecule has 124 valence electrons. The summed E-state index contributed by atoms with van der Waals surface area (Å²) in [7, 11) is -2.17. The summed E-state index contributed by atoms with van der Waals surface area (Å²) in [6.07, 6.45) is 1.54. The summed E-state index contributed by atoms with van der Waals surface area (Å²) in [5.41, 5.74) is 1.19. The number of rotatable bonds is 7. The molecule has 0 fully saturated rings. The van der Waals surface area contributed by atoms with Crippen LogP contribution >= 0.6 is 15.9 Å². The maximum absolute atomic E-state index is 12.6. The molecule has 0 aliphatic rings. The molecule has 1 N–H and O–H groups in total. The second-order valence-electron chi connectivity index (χ2n) is 5.34. The van der Waals surface area contributed by atoms with E-state index in [0.29, 0.717) is 10.2 Å². The molecule has 0 spiro atoms. The molecule has 2 aromatic rings. The minimum Gasteiger partial charge on any atom is -0.495 e. The fraction of sp³-hybridized carbons (Fsp3) is 0.294. The van der Waals surface area contributed by atoms with Crippen LogP contribution in [0.2, 0.25) is 0 Å². The van der Waals surface area contributed by atoms with E-state index in [1.165, 1.54) is 12.7 Å². The summed E-state index contributed by atoms with van der Waals surface area (Å²) < 4.78 is 33.7. The standard InChI is InChI=1S/C17H20BrNO3S/c1-13(8-9-14-6-4-3-5-7-14)19-23(20,21)17-12-15(18)10-11-16(17)22-2/h3-7,10-13,19H,8-9H2,1-2H3/t13-/m1/s1. The largest absolute Gasteiger partial charge is 0.495 e. The Bertz CT molecular complexity index is 748. The first kappa shape index (κ1) is 18.0. The average Bonchev–Trinajstić information content (AvgIpc) is 2.53. The third-order valence-electron chi connectivity index (χ3n) is 3.48. The lowest BCUT2D eigenvalue weighted by molar-refractivity contribution is 0.402. The van der Waals surface area contributed by atoms with Gasteiger partial charge in [-0.3, -0.25) is 0 Å². The first-order chi connectivity index (χ1) is 10.9. The van der Waals surface area contributed by atoms with Gasteiger partial charge in [0.15, 0.2) is 0 Å². The van der Waals surface area contributed by atoms with Crippen LogP contribution in [-0.2, 0) is 16.4 Å². The quantitative estimate of drug-likeness (QED) is 0.773. The first-order valence-corrected chi connectivity index (χ1v) is 9.60. The third kappa shape index (κ3) is 5.06. The number of halogens is 1. The summed E-state index contributed by atoms with van der Waals surface area (Å²) in [6.45, 7) is 1.87. The molecule has 1 atom stereocenters. The van der Waals surface area contributed by atoms with E-state index in [2.05, 4.69) is 20.7 Å². The third-order valence-corrected chi connectivity index (χ3v) is 5.58. The maximum Gasteiger partial charge on any atom is 0.244 e. The van der Waals surface area contributed by atoms with Crippen LogP contribution in [0.15, 0.2) is 57.9 Å². The molecule has 0 bridgehead atoms. The number of hydrogen-bond donors (Lipinski definition) is 1. The van der Waals surface area contributed by atoms with Gasteiger partial charge < -0.3 is 4.74 Å². The van der Waals surface area contributed by atoms with Crippen molar-refractivity contribution in [3.63, 3.8) is 0 Å². The highest BCUT2D eigenvalue weighted by atomic mass is 79.9. The van der Waals surface area contributed by atoms with Gasteiger partial charge in [0.25, 0.3) is 0 Å². The van der Waals surface area contributed by atoms with Crippen LogP contribution in [0.25, 0.3) is 0 Å². The number of hydrogen-bond acceptors (Lipinski definition) is 3. The molecule has 0 unspecified atom stereocenters. The Morgan fingerprint density at radius 2 is 1.87 bits per heavy atom. The van der Waals surface area contributed by atoms with Gasteiger partial charge in [0.1, 0.15) is 10.6 Å². The Balaban J connectivity index is 2.07. The van der Waals surface area contributed by atoms with E-state index in [1.54, 1.807) is 18.2 Å². The smallest absolute Gasteiger partial charge is 0.244 e. The van der Waals surface area contributed by atoms with Crippen molar-refractivity contribution in [2.45, 2.75) is 30.7 Å². The highest BCUT2D eigenvalue weighted by Crippen LogP contribution is 2.27. The normalized spacial score (nSPS) is 12.8. The van der Waals surface area contributed by atoms with Gasteiger partial charge in [-0.1, -0.05) is 46.3 Å². The molecule has 23 heavy (non-hydrogen) atoms. The molecule has 0 heterocycles. The molecule has 0 radical (unpaired) electrons. The van der Waals surface area contributed by atoms with E-state index >= 15 is 0 Å². The zero-order chi connectivity index (χ0) is 16.9. The molecule has 0 aromatic heterocycles. The van der Waals surface area contributed by atoms with Crippen molar-refractivity contribution < 1.29 is 13.2 Å². The summed E-state index contributed by atoms with van der Waals surface area (Å²) in [6, 6.07) is 14.8. The average molecular weight is 398 g/mol. The van der Waals surface area contributed by atoms with E-state index in [4.69, 9.17) is 4.74 Å². The second-order valence-corrected chi connectivity index (χ2v) is 7.94. The van der Waals surface area contributed by atoms with Gasteiger partial charge >= 0.3 is 0 Å². The van der Waals surface area contributed by atoms with Crippen molar-refractivity contribution in [2.24, 2.45) is 0 Å². The fourth-order valence-electron chi connectivity index (χ4n) is 2.28. The molecule has 0 saturated heterocycles. The number of nitrogens with one attached hydrogen (secondary N) is 1. The van der Waals surface area contributed by atoms with Crippen molar-refractivity contribution in [3.05, 3.63) is 58.6 Å². The Kier molecular flexibility index (Phi) is 6.21. The molecule has 6 heteroatoms. The zero-order valence-corrected chi connectivity index (χ0v) is 15.5.